The number of rotatable bonds is 8. The van der Waals surface area contributed by atoms with Crippen LogP contribution < -0.4 is 10.1 Å². The number of aromatic nitrogens is 2. The van der Waals surface area contributed by atoms with Crippen molar-refractivity contribution in [1.82, 2.24) is 15.1 Å². The van der Waals surface area contributed by atoms with Gasteiger partial charge in [0.15, 0.2) is 5.76 Å². The standard InChI is InChI=1S/C19H20ClN3O3/c1-14-11-22-23(12-14)10-2-9-21-19(24)18-8-7-17(26-18)13-25-16-5-3-15(20)4-6-16/h3-8,11-12H,2,9-10,13H2,1H3,(H,21,24). The third-order valence-electron chi connectivity index (χ3n) is 3.69. The molecule has 26 heavy (non-hydrogen) atoms. The Morgan fingerprint density at radius 3 is 2.81 bits per heavy atom. The average Bonchev–Trinajstić information content (AvgIpc) is 3.27. The van der Waals surface area contributed by atoms with Crippen LogP contribution in [0.3, 0.4) is 0 Å². The van der Waals surface area contributed by atoms with Crippen LogP contribution in [0.25, 0.3) is 0 Å². The first-order valence-electron chi connectivity index (χ1n) is 8.34. The fraction of sp³-hybridized carbons (Fsp3) is 0.263. The van der Waals surface area contributed by atoms with Gasteiger partial charge in [0.1, 0.15) is 18.1 Å². The number of nitrogens with one attached hydrogen (secondary N) is 1. The second-order valence-corrected chi connectivity index (χ2v) is 6.34. The Morgan fingerprint density at radius 1 is 1.27 bits per heavy atom. The average molecular weight is 374 g/mol. The van der Waals surface area contributed by atoms with E-state index < -0.39 is 0 Å². The molecule has 136 valence electrons. The molecule has 1 amide bonds. The van der Waals surface area contributed by atoms with E-state index in [4.69, 9.17) is 20.8 Å². The monoisotopic (exact) mass is 373 g/mol. The molecule has 0 unspecified atom stereocenters. The Balaban J connectivity index is 1.41. The molecule has 3 rings (SSSR count). The van der Waals surface area contributed by atoms with Crippen molar-refractivity contribution in [2.24, 2.45) is 0 Å². The number of furan rings is 1. The quantitative estimate of drug-likeness (QED) is 0.609. The number of amides is 1. The Bertz CT molecular complexity index is 855. The highest BCUT2D eigenvalue weighted by atomic mass is 35.5. The Labute approximate surface area is 156 Å². The van der Waals surface area contributed by atoms with Crippen LogP contribution in [0.5, 0.6) is 5.75 Å². The van der Waals surface area contributed by atoms with Crippen LogP contribution in [0.2, 0.25) is 5.02 Å². The predicted molar refractivity (Wildman–Crippen MR) is 98.4 cm³/mol. The first-order valence-corrected chi connectivity index (χ1v) is 8.72. The molecule has 0 aliphatic heterocycles. The van der Waals surface area contributed by atoms with Gasteiger partial charge >= 0.3 is 0 Å². The summed E-state index contributed by atoms with van der Waals surface area (Å²) >= 11 is 5.83. The number of halogens is 1. The maximum absolute atomic E-state index is 12.1. The summed E-state index contributed by atoms with van der Waals surface area (Å²) in [6.07, 6.45) is 4.58. The molecule has 2 heterocycles. The maximum atomic E-state index is 12.1. The second-order valence-electron chi connectivity index (χ2n) is 5.90. The lowest BCUT2D eigenvalue weighted by Crippen LogP contribution is -2.24. The van der Waals surface area contributed by atoms with Gasteiger partial charge in [-0.15, -0.1) is 0 Å². The predicted octanol–water partition coefficient (Wildman–Crippen LogP) is 3.84. The molecule has 0 bridgehead atoms. The summed E-state index contributed by atoms with van der Waals surface area (Å²) in [6.45, 7) is 3.55. The molecule has 7 heteroatoms. The first kappa shape index (κ1) is 18.1. The van der Waals surface area contributed by atoms with Crippen molar-refractivity contribution in [1.29, 1.82) is 0 Å². The summed E-state index contributed by atoms with van der Waals surface area (Å²) in [4.78, 5) is 12.1. The van der Waals surface area contributed by atoms with Crippen molar-refractivity contribution in [2.75, 3.05) is 6.54 Å². The lowest BCUT2D eigenvalue weighted by molar-refractivity contribution is 0.0921. The van der Waals surface area contributed by atoms with E-state index in [2.05, 4.69) is 10.4 Å². The summed E-state index contributed by atoms with van der Waals surface area (Å²) in [7, 11) is 0. The van der Waals surface area contributed by atoms with Gasteiger partial charge in [0.05, 0.1) is 6.20 Å². The molecule has 0 aliphatic rings. The van der Waals surface area contributed by atoms with E-state index in [0.29, 0.717) is 23.1 Å². The smallest absolute Gasteiger partial charge is 0.286 e. The highest BCUT2D eigenvalue weighted by Gasteiger charge is 2.11. The molecule has 0 fully saturated rings. The molecule has 0 spiro atoms. The SMILES string of the molecule is Cc1cnn(CCCNC(=O)c2ccc(COc3ccc(Cl)cc3)o2)c1. The number of benzene rings is 1. The lowest BCUT2D eigenvalue weighted by Gasteiger charge is -2.05. The van der Waals surface area contributed by atoms with E-state index in [9.17, 15) is 4.79 Å². The number of aryl methyl sites for hydroxylation is 2. The summed E-state index contributed by atoms with van der Waals surface area (Å²) in [6, 6.07) is 10.4. The van der Waals surface area contributed by atoms with Crippen molar-refractivity contribution in [3.8, 4) is 5.75 Å². The first-order chi connectivity index (χ1) is 12.6. The van der Waals surface area contributed by atoms with E-state index >= 15 is 0 Å². The minimum atomic E-state index is -0.237. The van der Waals surface area contributed by atoms with Gasteiger partial charge in [-0.2, -0.15) is 5.10 Å². The minimum absolute atomic E-state index is 0.237. The number of carbonyl (C=O) groups excluding carboxylic acids is 1. The van der Waals surface area contributed by atoms with Gasteiger partial charge in [-0.25, -0.2) is 0 Å². The molecule has 1 aromatic carbocycles. The fourth-order valence-corrected chi connectivity index (χ4v) is 2.51. The fourth-order valence-electron chi connectivity index (χ4n) is 2.38. The normalized spacial score (nSPS) is 10.7. The van der Waals surface area contributed by atoms with Gasteiger partial charge in [-0.1, -0.05) is 11.6 Å². The molecule has 2 aromatic heterocycles. The third kappa shape index (κ3) is 5.13. The van der Waals surface area contributed by atoms with Gasteiger partial charge in [0.25, 0.3) is 5.91 Å². The molecule has 0 radical (unpaired) electrons. The summed E-state index contributed by atoms with van der Waals surface area (Å²) < 4.78 is 13.0. The number of ether oxygens (including phenoxy) is 1. The van der Waals surface area contributed by atoms with E-state index in [-0.39, 0.29) is 18.3 Å². The zero-order valence-electron chi connectivity index (χ0n) is 14.4. The highest BCUT2D eigenvalue weighted by molar-refractivity contribution is 6.30. The van der Waals surface area contributed by atoms with Gasteiger partial charge in [-0.3, -0.25) is 9.48 Å². The minimum Gasteiger partial charge on any atom is -0.486 e. The topological polar surface area (TPSA) is 69.3 Å². The van der Waals surface area contributed by atoms with Crippen LogP contribution in [-0.2, 0) is 13.2 Å². The van der Waals surface area contributed by atoms with Gasteiger partial charge in [0, 0.05) is 24.3 Å². The van der Waals surface area contributed by atoms with E-state index in [1.165, 1.54) is 0 Å². The van der Waals surface area contributed by atoms with Crippen LogP contribution in [0.4, 0.5) is 0 Å². The zero-order valence-corrected chi connectivity index (χ0v) is 15.2. The largest absolute Gasteiger partial charge is 0.486 e. The second kappa shape index (κ2) is 8.58. The van der Waals surface area contributed by atoms with E-state index in [0.717, 1.165) is 18.5 Å². The van der Waals surface area contributed by atoms with Crippen molar-refractivity contribution in [3.63, 3.8) is 0 Å². The number of nitrogens with zero attached hydrogens (tertiary/aromatic N) is 2. The molecule has 0 atom stereocenters. The van der Waals surface area contributed by atoms with Gasteiger partial charge in [-0.05, 0) is 55.3 Å². The van der Waals surface area contributed by atoms with Crippen LogP contribution in [0.1, 0.15) is 28.3 Å². The van der Waals surface area contributed by atoms with Crippen molar-refractivity contribution in [3.05, 3.63) is 70.9 Å². The van der Waals surface area contributed by atoms with E-state index in [1.54, 1.807) is 36.4 Å². The molecule has 1 N–H and O–H groups in total. The molecule has 0 saturated heterocycles. The van der Waals surface area contributed by atoms with Crippen molar-refractivity contribution < 1.29 is 13.9 Å². The van der Waals surface area contributed by atoms with Crippen LogP contribution >= 0.6 is 11.6 Å². The van der Waals surface area contributed by atoms with Gasteiger partial charge in [0.2, 0.25) is 0 Å². The molecule has 3 aromatic rings. The highest BCUT2D eigenvalue weighted by Crippen LogP contribution is 2.17. The molecule has 0 aliphatic carbocycles. The Hall–Kier alpha value is -2.73. The number of hydrogen-bond donors (Lipinski definition) is 1. The van der Waals surface area contributed by atoms with Crippen LogP contribution in [0.15, 0.2) is 53.2 Å². The molecule has 0 saturated carbocycles. The van der Waals surface area contributed by atoms with E-state index in [1.807, 2.05) is 24.0 Å². The lowest BCUT2D eigenvalue weighted by atomic mass is 10.3. The third-order valence-corrected chi connectivity index (χ3v) is 3.94. The summed E-state index contributed by atoms with van der Waals surface area (Å²) in [5.74, 6) is 1.30. The van der Waals surface area contributed by atoms with Crippen LogP contribution in [0, 0.1) is 6.92 Å². The Morgan fingerprint density at radius 2 is 2.08 bits per heavy atom. The maximum Gasteiger partial charge on any atom is 0.286 e. The number of hydrogen-bond acceptors (Lipinski definition) is 4. The summed E-state index contributed by atoms with van der Waals surface area (Å²) in [5, 5.41) is 7.70. The molecular weight excluding hydrogens is 354 g/mol. The van der Waals surface area contributed by atoms with Gasteiger partial charge < -0.3 is 14.5 Å². The molecule has 6 nitrogen and oxygen atoms in total. The Kier molecular flexibility index (Phi) is 5.96. The van der Waals surface area contributed by atoms with Crippen LogP contribution in [-0.4, -0.2) is 22.2 Å². The summed E-state index contributed by atoms with van der Waals surface area (Å²) in [5.41, 5.74) is 1.12. The molecular formula is C19H20ClN3O3. The van der Waals surface area contributed by atoms with Crippen molar-refractivity contribution in [2.45, 2.75) is 26.5 Å². The van der Waals surface area contributed by atoms with Crippen molar-refractivity contribution >= 4 is 17.5 Å². The number of carbonyl (C=O) groups is 1. The zero-order chi connectivity index (χ0) is 18.4.